The number of benzene rings is 7. The van der Waals surface area contributed by atoms with Crippen LogP contribution in [-0.2, 0) is 0 Å². The van der Waals surface area contributed by atoms with Crippen molar-refractivity contribution in [3.63, 3.8) is 0 Å². The Labute approximate surface area is 256 Å². The Morgan fingerprint density at radius 2 is 0.909 bits per heavy atom. The molecule has 0 spiro atoms. The second-order valence-electron chi connectivity index (χ2n) is 11.0. The van der Waals surface area contributed by atoms with Crippen LogP contribution in [0.3, 0.4) is 0 Å². The third-order valence-electron chi connectivity index (χ3n) is 8.73. The minimum atomic E-state index is 0.645. The molecule has 7 rings (SSSR count). The van der Waals surface area contributed by atoms with E-state index in [-0.39, 0.29) is 0 Å². The van der Waals surface area contributed by atoms with Crippen LogP contribution < -0.4 is 20.9 Å². The summed E-state index contributed by atoms with van der Waals surface area (Å²) in [6.07, 6.45) is 7.51. The van der Waals surface area contributed by atoms with E-state index in [4.69, 9.17) is 0 Å². The molecule has 0 saturated carbocycles. The molecule has 0 radical (unpaired) electrons. The van der Waals surface area contributed by atoms with Gasteiger partial charge in [0.25, 0.3) is 0 Å². The number of hydrogen-bond donors (Lipinski definition) is 0. The van der Waals surface area contributed by atoms with Crippen molar-refractivity contribution in [2.75, 3.05) is 0 Å². The van der Waals surface area contributed by atoms with Crippen LogP contribution >= 0.6 is 0 Å². The summed E-state index contributed by atoms with van der Waals surface area (Å²) in [5, 5.41) is 23.7. The molecule has 0 aliphatic carbocycles. The lowest BCUT2D eigenvalue weighted by molar-refractivity contribution is 1.46. The molecule has 0 aromatic heterocycles. The maximum atomic E-state index is 10.6. The van der Waals surface area contributed by atoms with Gasteiger partial charge in [0.2, 0.25) is 0 Å². The van der Waals surface area contributed by atoms with Crippen molar-refractivity contribution in [1.82, 2.24) is 0 Å². The average Bonchev–Trinajstić information content (AvgIpc) is 3.08. The molecule has 1 heteroatoms. The number of fused-ring (bicyclic) bond motifs is 7. The highest BCUT2D eigenvalue weighted by Gasteiger charge is 2.15. The largest absolute Gasteiger partial charge is 0.192 e. The van der Waals surface area contributed by atoms with Crippen molar-refractivity contribution >= 4 is 68.4 Å². The standard InChI is InChI=1S/C43H29N/c1-5-12-31-27(3)28(4)32(13-6-2)41-24-29(20-22-39(31)41)33-18-11-19-34(43(33)26-44)30-21-23-40-37-16-8-7-14-35(37)36-15-9-10-17-38(36)42(40)25-30/h5-25H,1-4H2/b31-12+,32-13+. The van der Waals surface area contributed by atoms with Crippen molar-refractivity contribution in [3.05, 3.63) is 155 Å². The van der Waals surface area contributed by atoms with Gasteiger partial charge in [-0.1, -0.05) is 142 Å². The number of nitrogens with zero attached hydrogens (tertiary/aromatic N) is 1. The first kappa shape index (κ1) is 26.9. The lowest BCUT2D eigenvalue weighted by Crippen LogP contribution is -2.47. The highest BCUT2D eigenvalue weighted by Crippen LogP contribution is 2.39. The molecule has 7 aromatic carbocycles. The second kappa shape index (κ2) is 10.7. The van der Waals surface area contributed by atoms with E-state index in [0.29, 0.717) is 5.56 Å². The van der Waals surface area contributed by atoms with Gasteiger partial charge < -0.3 is 0 Å². The summed E-state index contributed by atoms with van der Waals surface area (Å²) in [4.78, 5) is 0. The molecule has 7 aromatic rings. The Morgan fingerprint density at radius 3 is 1.41 bits per heavy atom. The van der Waals surface area contributed by atoms with E-state index in [9.17, 15) is 5.26 Å². The Bertz CT molecular complexity index is 2600. The summed E-state index contributed by atoms with van der Waals surface area (Å²) in [7, 11) is 0. The van der Waals surface area contributed by atoms with Crippen LogP contribution in [0.25, 0.3) is 90.7 Å². The summed E-state index contributed by atoms with van der Waals surface area (Å²) < 4.78 is 0. The van der Waals surface area contributed by atoms with E-state index in [1.807, 2.05) is 30.4 Å². The molecule has 0 fully saturated rings. The van der Waals surface area contributed by atoms with E-state index in [2.05, 4.69) is 117 Å². The first-order valence-corrected chi connectivity index (χ1v) is 14.6. The Balaban J connectivity index is 1.50. The third kappa shape index (κ3) is 4.09. The molecular formula is C43H29N. The molecule has 206 valence electrons. The van der Waals surface area contributed by atoms with Crippen LogP contribution in [0.1, 0.15) is 5.56 Å². The van der Waals surface area contributed by atoms with Crippen LogP contribution in [0, 0.1) is 11.3 Å². The van der Waals surface area contributed by atoms with E-state index in [1.165, 1.54) is 32.3 Å². The molecule has 0 bridgehead atoms. The fourth-order valence-corrected chi connectivity index (χ4v) is 6.67. The zero-order valence-corrected chi connectivity index (χ0v) is 24.4. The predicted molar refractivity (Wildman–Crippen MR) is 191 cm³/mol. The molecule has 0 amide bonds. The van der Waals surface area contributed by atoms with Crippen LogP contribution in [0.4, 0.5) is 0 Å². The highest BCUT2D eigenvalue weighted by molar-refractivity contribution is 6.25. The molecule has 0 unspecified atom stereocenters. The Hall–Kier alpha value is -5.97. The normalized spacial score (nSPS) is 12.2. The van der Waals surface area contributed by atoms with Gasteiger partial charge in [0, 0.05) is 11.1 Å². The highest BCUT2D eigenvalue weighted by atomic mass is 14.3. The molecular weight excluding hydrogens is 530 g/mol. The van der Waals surface area contributed by atoms with E-state index in [1.54, 1.807) is 12.2 Å². The fourth-order valence-electron chi connectivity index (χ4n) is 6.67. The number of allylic oxidation sites excluding steroid dienone is 2. The molecule has 0 aliphatic rings. The molecule has 1 nitrogen and oxygen atoms in total. The molecule has 44 heavy (non-hydrogen) atoms. The molecule has 0 saturated heterocycles. The van der Waals surface area contributed by atoms with Crippen LogP contribution in [-0.4, -0.2) is 0 Å². The van der Waals surface area contributed by atoms with Crippen LogP contribution in [0.15, 0.2) is 128 Å². The maximum Gasteiger partial charge on any atom is 0.100 e. The van der Waals surface area contributed by atoms with Crippen LogP contribution in [0.5, 0.6) is 0 Å². The van der Waals surface area contributed by atoms with Crippen molar-refractivity contribution in [3.8, 4) is 28.3 Å². The summed E-state index contributed by atoms with van der Waals surface area (Å²) >= 11 is 0. The first-order chi connectivity index (χ1) is 21.5. The number of nitriles is 1. The molecule has 0 aliphatic heterocycles. The topological polar surface area (TPSA) is 23.8 Å². The number of rotatable bonds is 4. The molecule has 0 N–H and O–H groups in total. The smallest absolute Gasteiger partial charge is 0.100 e. The van der Waals surface area contributed by atoms with Crippen molar-refractivity contribution in [2.45, 2.75) is 0 Å². The average molecular weight is 560 g/mol. The van der Waals surface area contributed by atoms with Gasteiger partial charge in [0.15, 0.2) is 0 Å². The van der Waals surface area contributed by atoms with Gasteiger partial charge in [-0.15, -0.1) is 0 Å². The van der Waals surface area contributed by atoms with E-state index < -0.39 is 0 Å². The van der Waals surface area contributed by atoms with Crippen molar-refractivity contribution in [2.24, 2.45) is 0 Å². The van der Waals surface area contributed by atoms with E-state index >= 15 is 0 Å². The minimum absolute atomic E-state index is 0.645. The van der Waals surface area contributed by atoms with Crippen molar-refractivity contribution < 1.29 is 0 Å². The fraction of sp³-hybridized carbons (Fsp3) is 0. The summed E-state index contributed by atoms with van der Waals surface area (Å²) in [6, 6.07) is 38.7. The molecule has 0 heterocycles. The third-order valence-corrected chi connectivity index (χ3v) is 8.73. The maximum absolute atomic E-state index is 10.6. The second-order valence-corrected chi connectivity index (χ2v) is 11.0. The van der Waals surface area contributed by atoms with Gasteiger partial charge in [-0.05, 0) is 87.2 Å². The lowest BCUT2D eigenvalue weighted by atomic mass is 9.88. The van der Waals surface area contributed by atoms with Gasteiger partial charge in [-0.3, -0.25) is 0 Å². The van der Waals surface area contributed by atoms with Gasteiger partial charge >= 0.3 is 0 Å². The first-order valence-electron chi connectivity index (χ1n) is 14.6. The summed E-state index contributed by atoms with van der Waals surface area (Å²) in [5.74, 6) is 0. The Kier molecular flexibility index (Phi) is 6.54. The summed E-state index contributed by atoms with van der Waals surface area (Å²) in [6.45, 7) is 16.5. The van der Waals surface area contributed by atoms with Gasteiger partial charge in [0.05, 0.1) is 5.56 Å². The van der Waals surface area contributed by atoms with E-state index in [0.717, 1.165) is 53.9 Å². The van der Waals surface area contributed by atoms with Crippen LogP contribution in [0.2, 0.25) is 0 Å². The monoisotopic (exact) mass is 559 g/mol. The van der Waals surface area contributed by atoms with Gasteiger partial charge in [-0.2, -0.15) is 5.26 Å². The Morgan fingerprint density at radius 1 is 0.477 bits per heavy atom. The number of hydrogen-bond acceptors (Lipinski definition) is 1. The van der Waals surface area contributed by atoms with Gasteiger partial charge in [0.1, 0.15) is 6.07 Å². The minimum Gasteiger partial charge on any atom is -0.192 e. The zero-order chi connectivity index (χ0) is 30.4. The zero-order valence-electron chi connectivity index (χ0n) is 24.4. The predicted octanol–water partition coefficient (Wildman–Crippen LogP) is 8.26. The summed E-state index contributed by atoms with van der Waals surface area (Å²) in [5.41, 5.74) is 4.43. The SMILES string of the molecule is C=C/C=c1\c(=C)c(=C)/c(=C\C=C)c2cc(-c3cccc(-c4ccc5c6ccccc6c6ccccc6c5c4)c3C#N)ccc12. The quantitative estimate of drug-likeness (QED) is 0.199. The van der Waals surface area contributed by atoms with Gasteiger partial charge in [-0.25, -0.2) is 0 Å². The molecule has 0 atom stereocenters. The lowest BCUT2D eigenvalue weighted by Gasteiger charge is -2.14. The van der Waals surface area contributed by atoms with Crippen molar-refractivity contribution in [1.29, 1.82) is 5.26 Å².